The zero-order valence-corrected chi connectivity index (χ0v) is 14.8. The predicted molar refractivity (Wildman–Crippen MR) is 102 cm³/mol. The van der Waals surface area contributed by atoms with E-state index in [1.54, 1.807) is 35.8 Å². The number of hydrogen-bond donors (Lipinski definition) is 0. The molecule has 5 heteroatoms. The Balaban J connectivity index is 1.75. The lowest BCUT2D eigenvalue weighted by atomic mass is 10.2. The largest absolute Gasteiger partial charge is 0.458 e. The maximum Gasteiger partial charge on any atom is 0.338 e. The maximum atomic E-state index is 12.3. The minimum Gasteiger partial charge on any atom is -0.458 e. The number of carbonyl (C=O) groups excluding carboxylic acids is 1. The van der Waals surface area contributed by atoms with Crippen LogP contribution in [0.25, 0.3) is 17.1 Å². The maximum absolute atomic E-state index is 12.3. The number of benzene rings is 2. The Bertz CT molecular complexity index is 1020. The molecule has 0 atom stereocenters. The SMILES string of the molecule is CCn1c(=O)c(C)nc2cc(C(=O)OC/C=C/c3ccccc3)ccc21. The Morgan fingerprint density at radius 1 is 1.19 bits per heavy atom. The smallest absolute Gasteiger partial charge is 0.338 e. The van der Waals surface area contributed by atoms with Crippen molar-refractivity contribution in [1.29, 1.82) is 0 Å². The first-order valence-corrected chi connectivity index (χ1v) is 8.50. The topological polar surface area (TPSA) is 61.2 Å². The van der Waals surface area contributed by atoms with Crippen molar-refractivity contribution in [2.24, 2.45) is 0 Å². The van der Waals surface area contributed by atoms with Crippen LogP contribution in [0.15, 0.2) is 59.4 Å². The van der Waals surface area contributed by atoms with E-state index in [4.69, 9.17) is 4.74 Å². The molecule has 0 radical (unpaired) electrons. The molecule has 0 fully saturated rings. The van der Waals surface area contributed by atoms with Gasteiger partial charge in [0.1, 0.15) is 12.3 Å². The number of ether oxygens (including phenoxy) is 1. The molecule has 0 saturated carbocycles. The van der Waals surface area contributed by atoms with E-state index in [2.05, 4.69) is 4.98 Å². The molecule has 5 nitrogen and oxygen atoms in total. The van der Waals surface area contributed by atoms with Crippen LogP contribution in [0.2, 0.25) is 0 Å². The summed E-state index contributed by atoms with van der Waals surface area (Å²) in [5.74, 6) is -0.418. The molecule has 1 aromatic heterocycles. The van der Waals surface area contributed by atoms with Gasteiger partial charge in [-0.3, -0.25) is 4.79 Å². The van der Waals surface area contributed by atoms with Crippen molar-refractivity contribution in [3.05, 3.63) is 81.8 Å². The van der Waals surface area contributed by atoms with Crippen molar-refractivity contribution in [2.45, 2.75) is 20.4 Å². The second-order valence-electron chi connectivity index (χ2n) is 5.86. The molecule has 0 aliphatic rings. The summed E-state index contributed by atoms with van der Waals surface area (Å²) in [5, 5.41) is 0. The first kappa shape index (κ1) is 17.6. The van der Waals surface area contributed by atoms with Gasteiger partial charge < -0.3 is 9.30 Å². The van der Waals surface area contributed by atoms with Crippen LogP contribution in [-0.2, 0) is 11.3 Å². The zero-order valence-electron chi connectivity index (χ0n) is 14.8. The lowest BCUT2D eigenvalue weighted by Crippen LogP contribution is -2.23. The Labute approximate surface area is 151 Å². The fourth-order valence-corrected chi connectivity index (χ4v) is 2.77. The van der Waals surface area contributed by atoms with Crippen molar-refractivity contribution in [3.8, 4) is 0 Å². The average Bonchev–Trinajstić information content (AvgIpc) is 2.66. The number of hydrogen-bond acceptors (Lipinski definition) is 4. The van der Waals surface area contributed by atoms with Crippen molar-refractivity contribution in [3.63, 3.8) is 0 Å². The summed E-state index contributed by atoms with van der Waals surface area (Å²) in [5.41, 5.74) is 3.09. The number of aryl methyl sites for hydroxylation is 2. The van der Waals surface area contributed by atoms with Gasteiger partial charge in [0.2, 0.25) is 0 Å². The van der Waals surface area contributed by atoms with Gasteiger partial charge in [-0.25, -0.2) is 9.78 Å². The minimum absolute atomic E-state index is 0.110. The molecule has 0 amide bonds. The van der Waals surface area contributed by atoms with Gasteiger partial charge in [-0.15, -0.1) is 0 Å². The summed E-state index contributed by atoms with van der Waals surface area (Å²) in [4.78, 5) is 28.7. The molecule has 26 heavy (non-hydrogen) atoms. The number of esters is 1. The summed E-state index contributed by atoms with van der Waals surface area (Å²) in [6.07, 6.45) is 3.70. The van der Waals surface area contributed by atoms with Gasteiger partial charge in [0.25, 0.3) is 5.56 Å². The van der Waals surface area contributed by atoms with E-state index >= 15 is 0 Å². The van der Waals surface area contributed by atoms with E-state index < -0.39 is 5.97 Å². The highest BCUT2D eigenvalue weighted by molar-refractivity contribution is 5.93. The number of carbonyl (C=O) groups is 1. The van der Waals surface area contributed by atoms with Gasteiger partial charge in [0.15, 0.2) is 0 Å². The summed E-state index contributed by atoms with van der Waals surface area (Å²) < 4.78 is 6.94. The number of aromatic nitrogens is 2. The Kier molecular flexibility index (Phi) is 5.27. The van der Waals surface area contributed by atoms with Gasteiger partial charge in [-0.2, -0.15) is 0 Å². The molecule has 3 rings (SSSR count). The molecule has 0 saturated heterocycles. The molecule has 0 bridgehead atoms. The van der Waals surface area contributed by atoms with Crippen LogP contribution < -0.4 is 5.56 Å². The van der Waals surface area contributed by atoms with Crippen LogP contribution in [0.4, 0.5) is 0 Å². The first-order chi connectivity index (χ1) is 12.6. The Morgan fingerprint density at radius 2 is 1.96 bits per heavy atom. The second-order valence-corrected chi connectivity index (χ2v) is 5.86. The quantitative estimate of drug-likeness (QED) is 0.661. The lowest BCUT2D eigenvalue weighted by Gasteiger charge is -2.09. The summed E-state index contributed by atoms with van der Waals surface area (Å²) in [6.45, 7) is 4.31. The van der Waals surface area contributed by atoms with Crippen LogP contribution in [0, 0.1) is 6.92 Å². The van der Waals surface area contributed by atoms with Crippen molar-refractivity contribution in [1.82, 2.24) is 9.55 Å². The molecule has 0 aliphatic heterocycles. The van der Waals surface area contributed by atoms with E-state index in [1.807, 2.05) is 43.3 Å². The average molecular weight is 348 g/mol. The molecule has 132 valence electrons. The second kappa shape index (κ2) is 7.78. The predicted octanol–water partition coefficient (Wildman–Crippen LogP) is 3.60. The molecule has 2 aromatic carbocycles. The van der Waals surface area contributed by atoms with E-state index in [0.29, 0.717) is 28.8 Å². The fourth-order valence-electron chi connectivity index (χ4n) is 2.77. The fraction of sp³-hybridized carbons (Fsp3) is 0.190. The summed E-state index contributed by atoms with van der Waals surface area (Å²) in [6, 6.07) is 14.9. The van der Waals surface area contributed by atoms with Crippen LogP contribution in [0.3, 0.4) is 0 Å². The molecule has 1 heterocycles. The highest BCUT2D eigenvalue weighted by Crippen LogP contribution is 2.14. The van der Waals surface area contributed by atoms with Crippen LogP contribution >= 0.6 is 0 Å². The molecule has 3 aromatic rings. The van der Waals surface area contributed by atoms with Gasteiger partial charge in [-0.1, -0.05) is 36.4 Å². The standard InChI is InChI=1S/C21H20N2O3/c1-3-23-19-12-11-17(14-18(19)22-15(2)20(23)24)21(25)26-13-7-10-16-8-5-4-6-9-16/h4-12,14H,3,13H2,1-2H3/b10-7+. The third-order valence-corrected chi connectivity index (χ3v) is 4.08. The third kappa shape index (κ3) is 3.72. The summed E-state index contributed by atoms with van der Waals surface area (Å²) >= 11 is 0. The highest BCUT2D eigenvalue weighted by atomic mass is 16.5. The molecule has 0 aliphatic carbocycles. The van der Waals surface area contributed by atoms with Gasteiger partial charge in [0.05, 0.1) is 16.6 Å². The van der Waals surface area contributed by atoms with Gasteiger partial charge >= 0.3 is 5.97 Å². The Hall–Kier alpha value is -3.21. The van der Waals surface area contributed by atoms with Crippen molar-refractivity contribution in [2.75, 3.05) is 6.61 Å². The molecular weight excluding hydrogens is 328 g/mol. The number of nitrogens with zero attached hydrogens (tertiary/aromatic N) is 2. The van der Waals surface area contributed by atoms with Crippen LogP contribution in [0.5, 0.6) is 0 Å². The summed E-state index contributed by atoms with van der Waals surface area (Å²) in [7, 11) is 0. The number of fused-ring (bicyclic) bond motifs is 1. The monoisotopic (exact) mass is 348 g/mol. The normalized spacial score (nSPS) is 11.2. The van der Waals surface area contributed by atoms with Crippen molar-refractivity contribution < 1.29 is 9.53 Å². The molecular formula is C21H20N2O3. The van der Waals surface area contributed by atoms with Crippen LogP contribution in [-0.4, -0.2) is 22.1 Å². The van der Waals surface area contributed by atoms with E-state index in [1.165, 1.54) is 0 Å². The van der Waals surface area contributed by atoms with E-state index in [-0.39, 0.29) is 12.2 Å². The van der Waals surface area contributed by atoms with Gasteiger partial charge in [-0.05, 0) is 43.7 Å². The van der Waals surface area contributed by atoms with E-state index in [9.17, 15) is 9.59 Å². The Morgan fingerprint density at radius 3 is 2.69 bits per heavy atom. The zero-order chi connectivity index (χ0) is 18.5. The van der Waals surface area contributed by atoms with Crippen molar-refractivity contribution >= 4 is 23.1 Å². The van der Waals surface area contributed by atoms with E-state index in [0.717, 1.165) is 5.56 Å². The lowest BCUT2D eigenvalue weighted by molar-refractivity contribution is 0.0550. The first-order valence-electron chi connectivity index (χ1n) is 8.50. The highest BCUT2D eigenvalue weighted by Gasteiger charge is 2.11. The van der Waals surface area contributed by atoms with Gasteiger partial charge in [0, 0.05) is 6.54 Å². The number of rotatable bonds is 5. The third-order valence-electron chi connectivity index (χ3n) is 4.08. The minimum atomic E-state index is -0.418. The molecule has 0 spiro atoms. The van der Waals surface area contributed by atoms with Crippen LogP contribution in [0.1, 0.15) is 28.5 Å². The molecule has 0 unspecified atom stereocenters. The molecule has 0 N–H and O–H groups in total.